The minimum absolute atomic E-state index is 0.779. The van der Waals surface area contributed by atoms with Crippen LogP contribution in [0.5, 0.6) is 0 Å². The Morgan fingerprint density at radius 2 is 1.36 bits per heavy atom. The van der Waals surface area contributed by atoms with Crippen LogP contribution in [0.4, 0.5) is 0 Å². The maximum Gasteiger partial charge on any atom is 0.159 e. The fraction of sp³-hybridized carbons (Fsp3) is 0. The molecule has 14 heavy (non-hydrogen) atoms. The van der Waals surface area contributed by atoms with E-state index in [1.807, 2.05) is 24.5 Å². The number of hydrogen-bond donors (Lipinski definition) is 0. The van der Waals surface area contributed by atoms with Gasteiger partial charge in [-0.2, -0.15) is 0 Å². The fourth-order valence-electron chi connectivity index (χ4n) is 1.06. The summed E-state index contributed by atoms with van der Waals surface area (Å²) in [5.74, 6) is 0.779. The lowest BCUT2D eigenvalue weighted by molar-refractivity contribution is 1.16. The van der Waals surface area contributed by atoms with E-state index < -0.39 is 0 Å². The lowest BCUT2D eigenvalue weighted by Crippen LogP contribution is -1.88. The molecular weight excluding hydrogens is 402 g/mol. The molecule has 0 saturated carbocycles. The van der Waals surface area contributed by atoms with Crippen molar-refractivity contribution in [3.8, 4) is 11.4 Å². The largest absolute Gasteiger partial charge is 0.235 e. The van der Waals surface area contributed by atoms with Crippen LogP contribution < -0.4 is 0 Å². The van der Waals surface area contributed by atoms with Crippen molar-refractivity contribution in [2.75, 3.05) is 0 Å². The molecule has 1 heterocycles. The Balaban J connectivity index is 2.40. The summed E-state index contributed by atoms with van der Waals surface area (Å²) < 4.78 is 2.27. The van der Waals surface area contributed by atoms with E-state index in [2.05, 4.69) is 67.3 Å². The number of benzene rings is 1. The normalized spacial score (nSPS) is 10.1. The van der Waals surface area contributed by atoms with Gasteiger partial charge in [0.1, 0.15) is 0 Å². The Kier molecular flexibility index (Phi) is 3.32. The van der Waals surface area contributed by atoms with Crippen molar-refractivity contribution in [1.29, 1.82) is 0 Å². The van der Waals surface area contributed by atoms with Crippen LogP contribution in [0, 0.1) is 7.14 Å². The molecule has 0 unspecified atom stereocenters. The van der Waals surface area contributed by atoms with Crippen molar-refractivity contribution in [1.82, 2.24) is 9.97 Å². The lowest BCUT2D eigenvalue weighted by Gasteiger charge is -1.99. The molecule has 0 atom stereocenters. The average molecular weight is 408 g/mol. The highest BCUT2D eigenvalue weighted by Gasteiger charge is 1.99. The molecule has 2 nitrogen and oxygen atoms in total. The zero-order valence-corrected chi connectivity index (χ0v) is 11.4. The molecule has 1 aromatic heterocycles. The Morgan fingerprint density at radius 3 is 1.93 bits per heavy atom. The first-order valence-corrected chi connectivity index (χ1v) is 6.15. The third-order valence-electron chi connectivity index (χ3n) is 1.72. The lowest BCUT2D eigenvalue weighted by atomic mass is 10.2. The molecule has 70 valence electrons. The van der Waals surface area contributed by atoms with E-state index >= 15 is 0 Å². The predicted octanol–water partition coefficient (Wildman–Crippen LogP) is 3.35. The van der Waals surface area contributed by atoms with Crippen LogP contribution in [-0.4, -0.2) is 9.97 Å². The van der Waals surface area contributed by atoms with Crippen molar-refractivity contribution >= 4 is 45.2 Å². The van der Waals surface area contributed by atoms with E-state index in [4.69, 9.17) is 0 Å². The highest BCUT2D eigenvalue weighted by atomic mass is 127. The number of rotatable bonds is 1. The van der Waals surface area contributed by atoms with Gasteiger partial charge in [0.25, 0.3) is 0 Å². The quantitative estimate of drug-likeness (QED) is 0.677. The monoisotopic (exact) mass is 408 g/mol. The van der Waals surface area contributed by atoms with E-state index in [9.17, 15) is 0 Å². The smallest absolute Gasteiger partial charge is 0.159 e. The van der Waals surface area contributed by atoms with Gasteiger partial charge in [-0.15, -0.1) is 0 Å². The van der Waals surface area contributed by atoms with Crippen molar-refractivity contribution < 1.29 is 0 Å². The van der Waals surface area contributed by atoms with E-state index in [-0.39, 0.29) is 0 Å². The second-order valence-electron chi connectivity index (χ2n) is 2.73. The van der Waals surface area contributed by atoms with E-state index in [1.54, 1.807) is 0 Å². The maximum absolute atomic E-state index is 4.26. The molecule has 1 aromatic carbocycles. The topological polar surface area (TPSA) is 25.8 Å². The second kappa shape index (κ2) is 4.52. The maximum atomic E-state index is 4.26. The highest BCUT2D eigenvalue weighted by molar-refractivity contribution is 14.1. The highest BCUT2D eigenvalue weighted by Crippen LogP contribution is 2.16. The molecular formula is C10H6I2N2. The molecule has 0 amide bonds. The van der Waals surface area contributed by atoms with Gasteiger partial charge in [0.05, 0.1) is 0 Å². The van der Waals surface area contributed by atoms with Crippen molar-refractivity contribution in [2.45, 2.75) is 0 Å². The van der Waals surface area contributed by atoms with E-state index in [0.29, 0.717) is 0 Å². The molecule has 0 radical (unpaired) electrons. The van der Waals surface area contributed by atoms with Gasteiger partial charge in [-0.05, 0) is 57.3 Å². The van der Waals surface area contributed by atoms with Crippen LogP contribution >= 0.6 is 45.2 Å². The molecule has 4 heteroatoms. The standard InChI is InChI=1S/C10H6I2N2/c11-8-3-1-7(2-4-8)10-13-5-9(12)6-14-10/h1-6H. The predicted molar refractivity (Wildman–Crippen MR) is 72.9 cm³/mol. The summed E-state index contributed by atoms with van der Waals surface area (Å²) in [4.78, 5) is 8.51. The molecule has 0 saturated heterocycles. The molecule has 0 aliphatic rings. The summed E-state index contributed by atoms with van der Waals surface area (Å²) in [6.07, 6.45) is 3.64. The zero-order valence-electron chi connectivity index (χ0n) is 7.11. The summed E-state index contributed by atoms with van der Waals surface area (Å²) in [5, 5.41) is 0. The fourth-order valence-corrected chi connectivity index (χ4v) is 1.70. The zero-order chi connectivity index (χ0) is 9.97. The molecule has 0 bridgehead atoms. The Morgan fingerprint density at radius 1 is 0.786 bits per heavy atom. The summed E-state index contributed by atoms with van der Waals surface area (Å²) in [6.45, 7) is 0. The molecule has 0 N–H and O–H groups in total. The number of halogens is 2. The van der Waals surface area contributed by atoms with Crippen LogP contribution in [-0.2, 0) is 0 Å². The minimum atomic E-state index is 0.779. The van der Waals surface area contributed by atoms with Crippen molar-refractivity contribution in [2.24, 2.45) is 0 Å². The van der Waals surface area contributed by atoms with Gasteiger partial charge >= 0.3 is 0 Å². The van der Waals surface area contributed by atoms with Gasteiger partial charge in [0.2, 0.25) is 0 Å². The molecule has 0 spiro atoms. The van der Waals surface area contributed by atoms with Crippen LogP contribution in [0.3, 0.4) is 0 Å². The summed E-state index contributed by atoms with van der Waals surface area (Å²) in [7, 11) is 0. The summed E-state index contributed by atoms with van der Waals surface area (Å²) >= 11 is 4.47. The Labute approximate surface area is 109 Å². The molecule has 0 fully saturated rings. The van der Waals surface area contributed by atoms with Crippen molar-refractivity contribution in [3.05, 3.63) is 43.8 Å². The van der Waals surface area contributed by atoms with Gasteiger partial charge in [-0.25, -0.2) is 9.97 Å². The number of aromatic nitrogens is 2. The molecule has 2 aromatic rings. The van der Waals surface area contributed by atoms with Gasteiger partial charge < -0.3 is 0 Å². The van der Waals surface area contributed by atoms with Crippen molar-refractivity contribution in [3.63, 3.8) is 0 Å². The Bertz CT molecular complexity index is 379. The van der Waals surface area contributed by atoms with Crippen LogP contribution in [0.1, 0.15) is 0 Å². The summed E-state index contributed by atoms with van der Waals surface area (Å²) in [5.41, 5.74) is 1.06. The van der Waals surface area contributed by atoms with Crippen LogP contribution in [0.15, 0.2) is 36.7 Å². The second-order valence-corrected chi connectivity index (χ2v) is 5.22. The minimum Gasteiger partial charge on any atom is -0.235 e. The first-order valence-electron chi connectivity index (χ1n) is 3.99. The van der Waals surface area contributed by atoms with Gasteiger partial charge in [0.15, 0.2) is 5.82 Å². The number of nitrogens with zero attached hydrogens (tertiary/aromatic N) is 2. The summed E-state index contributed by atoms with van der Waals surface area (Å²) in [6, 6.07) is 8.17. The van der Waals surface area contributed by atoms with Gasteiger partial charge in [-0.3, -0.25) is 0 Å². The number of hydrogen-bond acceptors (Lipinski definition) is 2. The van der Waals surface area contributed by atoms with Crippen LogP contribution in [0.25, 0.3) is 11.4 Å². The van der Waals surface area contributed by atoms with E-state index in [1.165, 1.54) is 3.57 Å². The van der Waals surface area contributed by atoms with Gasteiger partial charge in [-0.1, -0.05) is 12.1 Å². The Hall–Kier alpha value is -0.240. The molecule has 0 aliphatic heterocycles. The van der Waals surface area contributed by atoms with Crippen LogP contribution in [0.2, 0.25) is 0 Å². The van der Waals surface area contributed by atoms with Gasteiger partial charge in [0, 0.05) is 25.1 Å². The van der Waals surface area contributed by atoms with E-state index in [0.717, 1.165) is 15.0 Å². The average Bonchev–Trinajstić information content (AvgIpc) is 2.21. The third-order valence-corrected chi connectivity index (χ3v) is 3.00. The molecule has 0 aliphatic carbocycles. The first-order chi connectivity index (χ1) is 6.75. The SMILES string of the molecule is Ic1ccc(-c2ncc(I)cn2)cc1. The molecule has 2 rings (SSSR count). The first kappa shape index (κ1) is 10.3. The third kappa shape index (κ3) is 2.41.